The number of rotatable bonds is 5. The lowest BCUT2D eigenvalue weighted by molar-refractivity contribution is 0.251. The van der Waals surface area contributed by atoms with Gasteiger partial charge in [-0.25, -0.2) is 4.79 Å². The summed E-state index contributed by atoms with van der Waals surface area (Å²) in [6, 6.07) is 3.36. The molecule has 7 nitrogen and oxygen atoms in total. The van der Waals surface area contributed by atoms with Gasteiger partial charge in [0.1, 0.15) is 0 Å². The van der Waals surface area contributed by atoms with Gasteiger partial charge in [-0.2, -0.15) is 10.2 Å². The molecule has 0 saturated heterocycles. The van der Waals surface area contributed by atoms with Gasteiger partial charge in [0.2, 0.25) is 0 Å². The van der Waals surface area contributed by atoms with Crippen molar-refractivity contribution in [1.29, 1.82) is 0 Å². The molecule has 2 amide bonds. The summed E-state index contributed by atoms with van der Waals surface area (Å²) in [6.45, 7) is 0.990. The predicted molar refractivity (Wildman–Crippen MR) is 78.3 cm³/mol. The Hall–Kier alpha value is -2.15. The molecule has 0 atom stereocenters. The Labute approximate surface area is 126 Å². The van der Waals surface area contributed by atoms with Crippen molar-refractivity contribution in [3.05, 3.63) is 35.2 Å². The second kappa shape index (κ2) is 6.09. The Morgan fingerprint density at radius 3 is 2.86 bits per heavy atom. The number of aromatic nitrogens is 4. The molecule has 0 aliphatic heterocycles. The largest absolute Gasteiger partial charge is 0.336 e. The van der Waals surface area contributed by atoms with Gasteiger partial charge in [-0.3, -0.25) is 10.00 Å². The lowest BCUT2D eigenvalue weighted by atomic mass is 10.3. The third kappa shape index (κ3) is 3.91. The van der Waals surface area contributed by atoms with Gasteiger partial charge in [-0.15, -0.1) is 5.10 Å². The van der Waals surface area contributed by atoms with Crippen molar-refractivity contribution in [2.24, 2.45) is 0 Å². The van der Waals surface area contributed by atoms with E-state index in [0.717, 1.165) is 5.69 Å². The van der Waals surface area contributed by atoms with E-state index in [0.29, 0.717) is 29.8 Å². The molecule has 21 heavy (non-hydrogen) atoms. The molecule has 0 unspecified atom stereocenters. The van der Waals surface area contributed by atoms with Crippen molar-refractivity contribution in [2.75, 3.05) is 11.9 Å². The molecule has 1 aliphatic rings. The molecule has 1 saturated carbocycles. The van der Waals surface area contributed by atoms with Crippen LogP contribution >= 0.6 is 11.6 Å². The number of hydrogen-bond donors (Lipinski definition) is 2. The van der Waals surface area contributed by atoms with Gasteiger partial charge in [-0.05, 0) is 25.0 Å². The average Bonchev–Trinajstić information content (AvgIpc) is 3.23. The molecular weight excluding hydrogens is 292 g/mol. The van der Waals surface area contributed by atoms with Crippen LogP contribution in [-0.2, 0) is 6.54 Å². The van der Waals surface area contributed by atoms with E-state index in [9.17, 15) is 4.79 Å². The van der Waals surface area contributed by atoms with E-state index in [1.165, 1.54) is 12.8 Å². The summed E-state index contributed by atoms with van der Waals surface area (Å²) in [5, 5.41) is 18.0. The highest BCUT2D eigenvalue weighted by atomic mass is 35.5. The predicted octanol–water partition coefficient (Wildman–Crippen LogP) is 2.03. The summed E-state index contributed by atoms with van der Waals surface area (Å²) in [6.07, 6.45) is 5.61. The molecule has 2 aromatic rings. The highest BCUT2D eigenvalue weighted by molar-refractivity contribution is 6.30. The van der Waals surface area contributed by atoms with Gasteiger partial charge in [0.25, 0.3) is 0 Å². The second-order valence-electron chi connectivity index (χ2n) is 4.92. The summed E-state index contributed by atoms with van der Waals surface area (Å²) >= 11 is 5.75. The highest BCUT2D eigenvalue weighted by Crippen LogP contribution is 2.38. The van der Waals surface area contributed by atoms with E-state index in [4.69, 9.17) is 11.6 Å². The maximum atomic E-state index is 11.7. The Morgan fingerprint density at radius 1 is 1.38 bits per heavy atom. The number of carbonyl (C=O) groups is 1. The Morgan fingerprint density at radius 2 is 2.24 bits per heavy atom. The standard InChI is InChI=1S/C13H15ClN6O/c14-10-7-16-20(8-10)6-5-15-13(21)17-12-4-3-11(18-19-12)9-1-2-9/h3-4,7-9H,1-2,5-6H2,(H2,15,17,19,21). The summed E-state index contributed by atoms with van der Waals surface area (Å²) in [5.41, 5.74) is 0.997. The van der Waals surface area contributed by atoms with Crippen molar-refractivity contribution in [3.8, 4) is 0 Å². The minimum atomic E-state index is -0.318. The Balaban J connectivity index is 1.42. The zero-order valence-corrected chi connectivity index (χ0v) is 12.0. The zero-order valence-electron chi connectivity index (χ0n) is 11.3. The van der Waals surface area contributed by atoms with Crippen molar-refractivity contribution >= 4 is 23.4 Å². The summed E-state index contributed by atoms with van der Waals surface area (Å²) in [4.78, 5) is 11.7. The van der Waals surface area contributed by atoms with Crippen molar-refractivity contribution < 1.29 is 4.79 Å². The zero-order chi connectivity index (χ0) is 14.7. The normalized spacial score (nSPS) is 14.0. The summed E-state index contributed by atoms with van der Waals surface area (Å²) < 4.78 is 1.66. The molecule has 1 aliphatic carbocycles. The summed E-state index contributed by atoms with van der Waals surface area (Å²) in [7, 11) is 0. The second-order valence-corrected chi connectivity index (χ2v) is 5.36. The quantitative estimate of drug-likeness (QED) is 0.885. The number of urea groups is 1. The maximum Gasteiger partial charge on any atom is 0.320 e. The number of amides is 2. The van der Waals surface area contributed by atoms with E-state index in [1.807, 2.05) is 6.07 Å². The molecule has 0 bridgehead atoms. The fourth-order valence-electron chi connectivity index (χ4n) is 1.91. The van der Waals surface area contributed by atoms with Crippen LogP contribution in [0.25, 0.3) is 0 Å². The Kier molecular flexibility index (Phi) is 4.01. The summed E-state index contributed by atoms with van der Waals surface area (Å²) in [5.74, 6) is 1.00. The molecule has 0 aromatic carbocycles. The monoisotopic (exact) mass is 306 g/mol. The average molecular weight is 307 g/mol. The van der Waals surface area contributed by atoms with Gasteiger partial charge in [-0.1, -0.05) is 11.6 Å². The smallest absolute Gasteiger partial charge is 0.320 e. The van der Waals surface area contributed by atoms with E-state index >= 15 is 0 Å². The van der Waals surface area contributed by atoms with Crippen LogP contribution in [0.1, 0.15) is 24.5 Å². The molecule has 0 radical (unpaired) electrons. The van der Waals surface area contributed by atoms with Crippen molar-refractivity contribution in [1.82, 2.24) is 25.3 Å². The van der Waals surface area contributed by atoms with Gasteiger partial charge >= 0.3 is 6.03 Å². The SMILES string of the molecule is O=C(NCCn1cc(Cl)cn1)Nc1ccc(C2CC2)nn1. The maximum absolute atomic E-state index is 11.7. The first-order chi connectivity index (χ1) is 10.2. The molecule has 8 heteroatoms. The minimum Gasteiger partial charge on any atom is -0.336 e. The third-order valence-electron chi connectivity index (χ3n) is 3.15. The molecular formula is C13H15ClN6O. The van der Waals surface area contributed by atoms with Crippen molar-refractivity contribution in [3.63, 3.8) is 0 Å². The van der Waals surface area contributed by atoms with Crippen LogP contribution in [0.15, 0.2) is 24.5 Å². The number of halogens is 1. The molecule has 3 rings (SSSR count). The molecule has 1 fully saturated rings. The number of anilines is 1. The molecule has 0 spiro atoms. The van der Waals surface area contributed by atoms with Crippen LogP contribution in [0.4, 0.5) is 10.6 Å². The van der Waals surface area contributed by atoms with Crippen LogP contribution in [0.3, 0.4) is 0 Å². The molecule has 2 heterocycles. The third-order valence-corrected chi connectivity index (χ3v) is 3.35. The van der Waals surface area contributed by atoms with Gasteiger partial charge in [0.15, 0.2) is 5.82 Å². The number of nitrogens with zero attached hydrogens (tertiary/aromatic N) is 4. The molecule has 2 N–H and O–H groups in total. The lowest BCUT2D eigenvalue weighted by Gasteiger charge is -2.07. The Bertz CT molecular complexity index is 622. The van der Waals surface area contributed by atoms with Crippen LogP contribution in [0, 0.1) is 0 Å². The van der Waals surface area contributed by atoms with E-state index < -0.39 is 0 Å². The van der Waals surface area contributed by atoms with Crippen LogP contribution in [-0.4, -0.2) is 32.6 Å². The first-order valence-electron chi connectivity index (χ1n) is 6.77. The van der Waals surface area contributed by atoms with Gasteiger partial charge < -0.3 is 5.32 Å². The van der Waals surface area contributed by atoms with E-state index in [2.05, 4.69) is 25.9 Å². The molecule has 110 valence electrons. The van der Waals surface area contributed by atoms with Crippen LogP contribution in [0.2, 0.25) is 5.02 Å². The first kappa shape index (κ1) is 13.8. The van der Waals surface area contributed by atoms with Gasteiger partial charge in [0, 0.05) is 18.7 Å². The minimum absolute atomic E-state index is 0.318. The van der Waals surface area contributed by atoms with E-state index in [-0.39, 0.29) is 6.03 Å². The van der Waals surface area contributed by atoms with Crippen molar-refractivity contribution in [2.45, 2.75) is 25.3 Å². The topological polar surface area (TPSA) is 84.7 Å². The van der Waals surface area contributed by atoms with Crippen LogP contribution in [0.5, 0.6) is 0 Å². The fourth-order valence-corrected chi connectivity index (χ4v) is 2.07. The first-order valence-corrected chi connectivity index (χ1v) is 7.15. The lowest BCUT2D eigenvalue weighted by Crippen LogP contribution is -2.32. The highest BCUT2D eigenvalue weighted by Gasteiger charge is 2.25. The number of carbonyl (C=O) groups excluding carboxylic acids is 1. The molecule has 2 aromatic heterocycles. The van der Waals surface area contributed by atoms with Gasteiger partial charge in [0.05, 0.1) is 23.5 Å². The fraction of sp³-hybridized carbons (Fsp3) is 0.385. The van der Waals surface area contributed by atoms with E-state index in [1.54, 1.807) is 23.1 Å². The number of nitrogens with one attached hydrogen (secondary N) is 2. The number of hydrogen-bond acceptors (Lipinski definition) is 4. The van der Waals surface area contributed by atoms with Crippen LogP contribution < -0.4 is 10.6 Å².